The van der Waals surface area contributed by atoms with Crippen molar-refractivity contribution in [1.29, 1.82) is 0 Å². The summed E-state index contributed by atoms with van der Waals surface area (Å²) in [5.74, 6) is 1.09. The predicted molar refractivity (Wildman–Crippen MR) is 78.2 cm³/mol. The summed E-state index contributed by atoms with van der Waals surface area (Å²) in [6.07, 6.45) is 1.07. The lowest BCUT2D eigenvalue weighted by molar-refractivity contribution is 0.146. The zero-order valence-electron chi connectivity index (χ0n) is 11.8. The molecule has 3 rings (SSSR count). The first kappa shape index (κ1) is 12.6. The van der Waals surface area contributed by atoms with Crippen molar-refractivity contribution in [2.75, 3.05) is 33.2 Å². The molecule has 1 saturated heterocycles. The average Bonchev–Trinajstić information content (AvgIpc) is 2.82. The molecule has 0 aliphatic carbocycles. The highest BCUT2D eigenvalue weighted by molar-refractivity contribution is 5.75. The van der Waals surface area contributed by atoms with Crippen LogP contribution in [0.15, 0.2) is 18.2 Å². The summed E-state index contributed by atoms with van der Waals surface area (Å²) in [5, 5.41) is 0. The van der Waals surface area contributed by atoms with E-state index in [2.05, 4.69) is 47.0 Å². The van der Waals surface area contributed by atoms with Gasteiger partial charge in [0.05, 0.1) is 17.6 Å². The fraction of sp³-hybridized carbons (Fsp3) is 0.533. The van der Waals surface area contributed by atoms with E-state index in [-0.39, 0.29) is 0 Å². The number of piperazine rings is 1. The van der Waals surface area contributed by atoms with Crippen LogP contribution in [0.25, 0.3) is 11.0 Å². The second kappa shape index (κ2) is 5.31. The minimum Gasteiger partial charge on any atom is -0.341 e. The molecular weight excluding hydrogens is 236 g/mol. The molecule has 4 heteroatoms. The van der Waals surface area contributed by atoms with Gasteiger partial charge in [-0.05, 0) is 31.2 Å². The number of nitrogens with one attached hydrogen (secondary N) is 1. The van der Waals surface area contributed by atoms with Crippen LogP contribution in [-0.4, -0.2) is 53.0 Å². The van der Waals surface area contributed by atoms with Gasteiger partial charge in [0, 0.05) is 26.2 Å². The predicted octanol–water partition coefficient (Wildman–Crippen LogP) is 1.87. The van der Waals surface area contributed by atoms with Crippen molar-refractivity contribution < 1.29 is 0 Å². The van der Waals surface area contributed by atoms with Gasteiger partial charge in [0.15, 0.2) is 0 Å². The van der Waals surface area contributed by atoms with Gasteiger partial charge in [-0.1, -0.05) is 13.0 Å². The van der Waals surface area contributed by atoms with Crippen LogP contribution in [-0.2, 0) is 13.0 Å². The molecule has 1 aliphatic heterocycles. The SMILES string of the molecule is CCc1ccc2nc(CN3CCN(C)CC3)[nH]c2c1. The summed E-state index contributed by atoms with van der Waals surface area (Å²) in [5.41, 5.74) is 3.62. The highest BCUT2D eigenvalue weighted by atomic mass is 15.3. The van der Waals surface area contributed by atoms with Crippen molar-refractivity contribution in [2.24, 2.45) is 0 Å². The van der Waals surface area contributed by atoms with E-state index < -0.39 is 0 Å². The molecule has 1 N–H and O–H groups in total. The molecule has 1 aromatic carbocycles. The Labute approximate surface area is 114 Å². The van der Waals surface area contributed by atoms with E-state index in [9.17, 15) is 0 Å². The number of nitrogens with zero attached hydrogens (tertiary/aromatic N) is 3. The number of hydrogen-bond acceptors (Lipinski definition) is 3. The standard InChI is InChI=1S/C15H22N4/c1-3-12-4-5-13-14(10-12)17-15(16-13)11-19-8-6-18(2)7-9-19/h4-5,10H,3,6-9,11H2,1-2H3,(H,16,17). The fourth-order valence-corrected chi connectivity index (χ4v) is 2.62. The molecule has 0 bridgehead atoms. The van der Waals surface area contributed by atoms with Crippen LogP contribution in [0.1, 0.15) is 18.3 Å². The monoisotopic (exact) mass is 258 g/mol. The maximum atomic E-state index is 4.69. The van der Waals surface area contributed by atoms with Gasteiger partial charge in [-0.15, -0.1) is 0 Å². The molecule has 19 heavy (non-hydrogen) atoms. The lowest BCUT2D eigenvalue weighted by atomic mass is 10.1. The van der Waals surface area contributed by atoms with E-state index in [0.29, 0.717) is 0 Å². The Morgan fingerprint density at radius 2 is 2.00 bits per heavy atom. The lowest BCUT2D eigenvalue weighted by Crippen LogP contribution is -2.44. The van der Waals surface area contributed by atoms with Crippen LogP contribution in [0, 0.1) is 0 Å². The Kier molecular flexibility index (Phi) is 3.53. The molecule has 1 aliphatic rings. The Morgan fingerprint density at radius 1 is 1.21 bits per heavy atom. The summed E-state index contributed by atoms with van der Waals surface area (Å²) in [6.45, 7) is 7.69. The zero-order chi connectivity index (χ0) is 13.2. The van der Waals surface area contributed by atoms with Crippen molar-refractivity contribution in [3.8, 4) is 0 Å². The Balaban J connectivity index is 1.74. The van der Waals surface area contributed by atoms with Gasteiger partial charge < -0.3 is 9.88 Å². The average molecular weight is 258 g/mol. The van der Waals surface area contributed by atoms with Crippen molar-refractivity contribution in [2.45, 2.75) is 19.9 Å². The maximum absolute atomic E-state index is 4.69. The van der Waals surface area contributed by atoms with E-state index in [1.807, 2.05) is 0 Å². The highest BCUT2D eigenvalue weighted by Gasteiger charge is 2.15. The first-order valence-electron chi connectivity index (χ1n) is 7.13. The number of hydrogen-bond donors (Lipinski definition) is 1. The first-order valence-corrected chi connectivity index (χ1v) is 7.13. The third-order valence-electron chi connectivity index (χ3n) is 3.97. The van der Waals surface area contributed by atoms with Gasteiger partial charge in [0.1, 0.15) is 5.82 Å². The molecule has 0 radical (unpaired) electrons. The van der Waals surface area contributed by atoms with E-state index in [1.54, 1.807) is 0 Å². The van der Waals surface area contributed by atoms with Crippen LogP contribution in [0.2, 0.25) is 0 Å². The number of imidazole rings is 1. The van der Waals surface area contributed by atoms with Crippen LogP contribution in [0.3, 0.4) is 0 Å². The summed E-state index contributed by atoms with van der Waals surface area (Å²) in [6, 6.07) is 6.51. The van der Waals surface area contributed by atoms with Crippen molar-refractivity contribution in [3.63, 3.8) is 0 Å². The van der Waals surface area contributed by atoms with E-state index >= 15 is 0 Å². The van der Waals surface area contributed by atoms with E-state index in [0.717, 1.165) is 50.5 Å². The minimum absolute atomic E-state index is 0.935. The first-order chi connectivity index (χ1) is 9.24. The van der Waals surface area contributed by atoms with Gasteiger partial charge in [-0.2, -0.15) is 0 Å². The largest absolute Gasteiger partial charge is 0.341 e. The van der Waals surface area contributed by atoms with Crippen LogP contribution < -0.4 is 0 Å². The third-order valence-corrected chi connectivity index (χ3v) is 3.97. The normalized spacial score (nSPS) is 18.2. The lowest BCUT2D eigenvalue weighted by Gasteiger charge is -2.31. The quantitative estimate of drug-likeness (QED) is 0.913. The molecule has 2 aromatic rings. The van der Waals surface area contributed by atoms with Gasteiger partial charge >= 0.3 is 0 Å². The molecule has 0 saturated carbocycles. The topological polar surface area (TPSA) is 35.2 Å². The number of aryl methyl sites for hydroxylation is 1. The highest BCUT2D eigenvalue weighted by Crippen LogP contribution is 2.15. The van der Waals surface area contributed by atoms with E-state index in [4.69, 9.17) is 4.98 Å². The molecule has 102 valence electrons. The molecule has 1 aromatic heterocycles. The summed E-state index contributed by atoms with van der Waals surface area (Å²) in [4.78, 5) is 13.0. The number of likely N-dealkylation sites (N-methyl/N-ethyl adjacent to an activating group) is 1. The molecule has 0 atom stereocenters. The molecule has 0 spiro atoms. The van der Waals surface area contributed by atoms with Crippen LogP contribution in [0.5, 0.6) is 0 Å². The molecule has 1 fully saturated rings. The van der Waals surface area contributed by atoms with Crippen LogP contribution >= 0.6 is 0 Å². The van der Waals surface area contributed by atoms with Crippen molar-refractivity contribution in [1.82, 2.24) is 19.8 Å². The number of benzene rings is 1. The van der Waals surface area contributed by atoms with Gasteiger partial charge in [0.2, 0.25) is 0 Å². The summed E-state index contributed by atoms with van der Waals surface area (Å²) >= 11 is 0. The van der Waals surface area contributed by atoms with Crippen molar-refractivity contribution >= 4 is 11.0 Å². The zero-order valence-corrected chi connectivity index (χ0v) is 11.8. The molecule has 0 amide bonds. The number of H-pyrrole nitrogens is 1. The summed E-state index contributed by atoms with van der Waals surface area (Å²) < 4.78 is 0. The number of aromatic nitrogens is 2. The Hall–Kier alpha value is -1.39. The van der Waals surface area contributed by atoms with Gasteiger partial charge in [-0.25, -0.2) is 4.98 Å². The number of fused-ring (bicyclic) bond motifs is 1. The Bertz CT molecular complexity index is 552. The van der Waals surface area contributed by atoms with E-state index in [1.165, 1.54) is 11.1 Å². The smallest absolute Gasteiger partial charge is 0.121 e. The third kappa shape index (κ3) is 2.80. The second-order valence-electron chi connectivity index (χ2n) is 5.47. The van der Waals surface area contributed by atoms with Gasteiger partial charge in [-0.3, -0.25) is 4.90 Å². The van der Waals surface area contributed by atoms with Crippen molar-refractivity contribution in [3.05, 3.63) is 29.6 Å². The van der Waals surface area contributed by atoms with Crippen LogP contribution in [0.4, 0.5) is 0 Å². The molecule has 4 nitrogen and oxygen atoms in total. The molecule has 0 unspecified atom stereocenters. The van der Waals surface area contributed by atoms with Gasteiger partial charge in [0.25, 0.3) is 0 Å². The fourth-order valence-electron chi connectivity index (χ4n) is 2.62. The minimum atomic E-state index is 0.935. The maximum Gasteiger partial charge on any atom is 0.121 e. The number of aromatic amines is 1. The molecule has 2 heterocycles. The molecular formula is C15H22N4. The summed E-state index contributed by atoms with van der Waals surface area (Å²) in [7, 11) is 2.19. The Morgan fingerprint density at radius 3 is 2.74 bits per heavy atom. The number of rotatable bonds is 3. The second-order valence-corrected chi connectivity index (χ2v) is 5.47.